The lowest BCUT2D eigenvalue weighted by atomic mass is 10.0. The number of hydrogen-bond donors (Lipinski definition) is 0. The number of nitrogens with zero attached hydrogens (tertiary/aromatic N) is 2. The largest absolute Gasteiger partial charge is 0.491 e. The molecule has 3 aliphatic heterocycles. The fourth-order valence-corrected chi connectivity index (χ4v) is 2.86. The van der Waals surface area contributed by atoms with Crippen molar-refractivity contribution in [1.29, 1.82) is 0 Å². The fraction of sp³-hybridized carbons (Fsp3) is 0.333. The van der Waals surface area contributed by atoms with Crippen molar-refractivity contribution in [2.24, 2.45) is 10.2 Å². The van der Waals surface area contributed by atoms with Gasteiger partial charge in [0.1, 0.15) is 36.9 Å². The lowest BCUT2D eigenvalue weighted by Crippen LogP contribution is -2.07. The molecule has 2 atom stereocenters. The van der Waals surface area contributed by atoms with Gasteiger partial charge in [-0.2, -0.15) is 10.2 Å². The molecule has 2 unspecified atom stereocenters. The van der Waals surface area contributed by atoms with Crippen molar-refractivity contribution in [1.82, 2.24) is 0 Å². The molecular weight excluding hydrogens is 344 g/mol. The summed E-state index contributed by atoms with van der Waals surface area (Å²) in [4.78, 5) is 0. The number of ether oxygens (including phenoxy) is 4. The molecule has 27 heavy (non-hydrogen) atoms. The normalized spacial score (nSPS) is 22.8. The molecule has 2 fully saturated rings. The van der Waals surface area contributed by atoms with Gasteiger partial charge in [0, 0.05) is 6.42 Å². The second kappa shape index (κ2) is 7.13. The van der Waals surface area contributed by atoms with Gasteiger partial charge in [-0.3, -0.25) is 0 Å². The molecule has 6 heteroatoms. The van der Waals surface area contributed by atoms with Crippen LogP contribution in [0.1, 0.15) is 17.5 Å². The molecule has 138 valence electrons. The van der Waals surface area contributed by atoms with Gasteiger partial charge in [0.2, 0.25) is 0 Å². The molecule has 2 saturated heterocycles. The van der Waals surface area contributed by atoms with Crippen molar-refractivity contribution in [3.8, 4) is 11.5 Å². The summed E-state index contributed by atoms with van der Waals surface area (Å²) in [5.41, 5.74) is 4.06. The van der Waals surface area contributed by atoms with Crippen LogP contribution in [-0.4, -0.2) is 50.1 Å². The Morgan fingerprint density at radius 2 is 1.11 bits per heavy atom. The summed E-state index contributed by atoms with van der Waals surface area (Å²) in [5, 5.41) is 8.73. The van der Waals surface area contributed by atoms with Gasteiger partial charge in [-0.15, -0.1) is 0 Å². The minimum absolute atomic E-state index is 0.263. The van der Waals surface area contributed by atoms with E-state index in [9.17, 15) is 0 Å². The van der Waals surface area contributed by atoms with E-state index >= 15 is 0 Å². The van der Waals surface area contributed by atoms with Crippen molar-refractivity contribution in [3.63, 3.8) is 0 Å². The summed E-state index contributed by atoms with van der Waals surface area (Å²) in [6.07, 6.45) is 1.24. The quantitative estimate of drug-likeness (QED) is 0.676. The van der Waals surface area contributed by atoms with Gasteiger partial charge in [0.05, 0.1) is 24.6 Å². The maximum Gasteiger partial charge on any atom is 0.119 e. The van der Waals surface area contributed by atoms with Crippen LogP contribution in [0, 0.1) is 0 Å². The van der Waals surface area contributed by atoms with Gasteiger partial charge < -0.3 is 18.9 Å². The molecule has 5 rings (SSSR count). The van der Waals surface area contributed by atoms with E-state index in [4.69, 9.17) is 18.9 Å². The minimum atomic E-state index is 0.263. The average molecular weight is 364 g/mol. The van der Waals surface area contributed by atoms with E-state index in [1.54, 1.807) is 0 Å². The first-order valence-electron chi connectivity index (χ1n) is 9.16. The molecular formula is C21H20N2O4. The van der Waals surface area contributed by atoms with E-state index in [1.165, 1.54) is 0 Å². The molecule has 0 bridgehead atoms. The summed E-state index contributed by atoms with van der Waals surface area (Å²) in [6.45, 7) is 2.83. The molecule has 0 radical (unpaired) electrons. The van der Waals surface area contributed by atoms with Crippen LogP contribution in [0.15, 0.2) is 58.7 Å². The zero-order valence-corrected chi connectivity index (χ0v) is 14.8. The number of epoxide rings is 2. The van der Waals surface area contributed by atoms with Crippen LogP contribution in [0.5, 0.6) is 11.5 Å². The maximum atomic E-state index is 5.67. The second-order valence-electron chi connectivity index (χ2n) is 6.85. The van der Waals surface area contributed by atoms with Crippen LogP contribution in [0.4, 0.5) is 0 Å². The van der Waals surface area contributed by atoms with E-state index in [0.29, 0.717) is 19.6 Å². The highest BCUT2D eigenvalue weighted by atomic mass is 16.6. The van der Waals surface area contributed by atoms with Gasteiger partial charge >= 0.3 is 0 Å². The van der Waals surface area contributed by atoms with Crippen LogP contribution in [0.3, 0.4) is 0 Å². The van der Waals surface area contributed by atoms with E-state index in [0.717, 1.165) is 47.3 Å². The molecule has 0 saturated carbocycles. The fourth-order valence-electron chi connectivity index (χ4n) is 2.86. The van der Waals surface area contributed by atoms with Crippen LogP contribution >= 0.6 is 0 Å². The Hall–Kier alpha value is -2.70. The molecule has 2 aromatic rings. The Bertz CT molecular complexity index is 793. The highest BCUT2D eigenvalue weighted by molar-refractivity contribution is 6.20. The third-order valence-corrected chi connectivity index (χ3v) is 4.68. The lowest BCUT2D eigenvalue weighted by molar-refractivity contribution is 0.263. The standard InChI is InChI=1S/C21H20N2O4/c1-5-16(24-10-18-12-26-18)6-2-14(1)20-9-21(23-22-20)15-3-7-17(8-4-15)25-11-19-13-27-19/h1-8,18-19H,9-13H2. The Labute approximate surface area is 157 Å². The highest BCUT2D eigenvalue weighted by Crippen LogP contribution is 2.22. The van der Waals surface area contributed by atoms with Crippen LogP contribution < -0.4 is 9.47 Å². The lowest BCUT2D eigenvalue weighted by Gasteiger charge is -2.07. The molecule has 0 amide bonds. The number of benzene rings is 2. The third kappa shape index (κ3) is 4.18. The summed E-state index contributed by atoms with van der Waals surface area (Å²) >= 11 is 0. The summed E-state index contributed by atoms with van der Waals surface area (Å²) in [5.74, 6) is 1.70. The molecule has 0 N–H and O–H groups in total. The van der Waals surface area contributed by atoms with Crippen molar-refractivity contribution in [2.45, 2.75) is 18.6 Å². The van der Waals surface area contributed by atoms with Crippen molar-refractivity contribution in [3.05, 3.63) is 59.7 Å². The summed E-state index contributed by atoms with van der Waals surface area (Å²) < 4.78 is 21.6. The highest BCUT2D eigenvalue weighted by Gasteiger charge is 2.24. The first-order valence-corrected chi connectivity index (χ1v) is 9.16. The zero-order chi connectivity index (χ0) is 18.1. The third-order valence-electron chi connectivity index (χ3n) is 4.68. The zero-order valence-electron chi connectivity index (χ0n) is 14.8. The van der Waals surface area contributed by atoms with Crippen LogP contribution in [0.25, 0.3) is 0 Å². The predicted molar refractivity (Wildman–Crippen MR) is 101 cm³/mol. The Morgan fingerprint density at radius 1 is 0.704 bits per heavy atom. The van der Waals surface area contributed by atoms with Gasteiger partial charge in [-0.05, 0) is 59.7 Å². The molecule has 0 spiro atoms. The van der Waals surface area contributed by atoms with E-state index in [2.05, 4.69) is 10.2 Å². The van der Waals surface area contributed by atoms with Gasteiger partial charge in [0.15, 0.2) is 0 Å². The maximum absolute atomic E-state index is 5.67. The van der Waals surface area contributed by atoms with Gasteiger partial charge in [-0.25, -0.2) is 0 Å². The molecule has 0 aromatic heterocycles. The molecule has 6 nitrogen and oxygen atoms in total. The smallest absolute Gasteiger partial charge is 0.119 e. The molecule has 0 aliphatic carbocycles. The van der Waals surface area contributed by atoms with E-state index in [-0.39, 0.29) is 12.2 Å². The summed E-state index contributed by atoms with van der Waals surface area (Å²) in [7, 11) is 0. The van der Waals surface area contributed by atoms with Crippen LogP contribution in [-0.2, 0) is 9.47 Å². The molecule has 2 aromatic carbocycles. The minimum Gasteiger partial charge on any atom is -0.491 e. The SMILES string of the molecule is c1cc(C2=NN=C(c3ccc(OCC4CO4)cc3)C2)ccc1OCC1CO1. The topological polar surface area (TPSA) is 68.2 Å². The first kappa shape index (κ1) is 16.5. The van der Waals surface area contributed by atoms with Crippen molar-refractivity contribution in [2.75, 3.05) is 26.4 Å². The predicted octanol–water partition coefficient (Wildman–Crippen LogP) is 2.84. The van der Waals surface area contributed by atoms with E-state index in [1.807, 2.05) is 48.5 Å². The average Bonchev–Trinajstić information content (AvgIpc) is 3.65. The number of hydrogen-bond acceptors (Lipinski definition) is 6. The molecule has 3 heterocycles. The van der Waals surface area contributed by atoms with Gasteiger partial charge in [0.25, 0.3) is 0 Å². The summed E-state index contributed by atoms with van der Waals surface area (Å²) in [6, 6.07) is 16.0. The Kier molecular flexibility index (Phi) is 4.35. The first-order chi connectivity index (χ1) is 13.3. The Morgan fingerprint density at radius 3 is 1.48 bits per heavy atom. The Balaban J connectivity index is 1.17. The van der Waals surface area contributed by atoms with Crippen molar-refractivity contribution < 1.29 is 18.9 Å². The monoisotopic (exact) mass is 364 g/mol. The molecule has 3 aliphatic rings. The van der Waals surface area contributed by atoms with Crippen molar-refractivity contribution >= 4 is 11.4 Å². The van der Waals surface area contributed by atoms with E-state index < -0.39 is 0 Å². The van der Waals surface area contributed by atoms with Crippen LogP contribution in [0.2, 0.25) is 0 Å². The second-order valence-corrected chi connectivity index (χ2v) is 6.85. The van der Waals surface area contributed by atoms with Gasteiger partial charge in [-0.1, -0.05) is 0 Å². The number of rotatable bonds is 8.